The van der Waals surface area contributed by atoms with E-state index < -0.39 is 0 Å². The van der Waals surface area contributed by atoms with Crippen molar-refractivity contribution in [3.63, 3.8) is 0 Å². The summed E-state index contributed by atoms with van der Waals surface area (Å²) >= 11 is 0. The van der Waals surface area contributed by atoms with Crippen LogP contribution in [0.2, 0.25) is 0 Å². The molecule has 124 valence electrons. The summed E-state index contributed by atoms with van der Waals surface area (Å²) in [4.78, 5) is 26.3. The van der Waals surface area contributed by atoms with E-state index in [1.807, 2.05) is 24.0 Å². The highest BCUT2D eigenvalue weighted by atomic mass is 16.5. The molecule has 2 aliphatic rings. The largest absolute Gasteiger partial charge is 0.378 e. The Bertz CT molecular complexity index is 564. The first-order valence-electron chi connectivity index (χ1n) is 8.37. The predicted molar refractivity (Wildman–Crippen MR) is 86.7 cm³/mol. The predicted octanol–water partition coefficient (Wildman–Crippen LogP) is 1.78. The molecule has 0 bridgehead atoms. The van der Waals surface area contributed by atoms with Gasteiger partial charge in [-0.05, 0) is 31.7 Å². The third-order valence-corrected chi connectivity index (χ3v) is 4.56. The number of hydrogen-bond acceptors (Lipinski definition) is 3. The van der Waals surface area contributed by atoms with Gasteiger partial charge < -0.3 is 15.0 Å². The van der Waals surface area contributed by atoms with E-state index in [-0.39, 0.29) is 24.0 Å². The maximum atomic E-state index is 12.4. The third kappa shape index (κ3) is 4.10. The monoisotopic (exact) mass is 316 g/mol. The molecule has 3 rings (SSSR count). The van der Waals surface area contributed by atoms with Crippen LogP contribution in [-0.4, -0.2) is 42.0 Å². The van der Waals surface area contributed by atoms with Crippen molar-refractivity contribution in [3.05, 3.63) is 35.4 Å². The Hall–Kier alpha value is -1.88. The van der Waals surface area contributed by atoms with E-state index in [0.717, 1.165) is 25.0 Å². The Balaban J connectivity index is 1.49. The maximum absolute atomic E-state index is 12.4. The van der Waals surface area contributed by atoms with Crippen molar-refractivity contribution in [1.82, 2.24) is 10.2 Å². The number of carbonyl (C=O) groups excluding carboxylic acids is 2. The van der Waals surface area contributed by atoms with Crippen LogP contribution in [0.4, 0.5) is 0 Å². The van der Waals surface area contributed by atoms with Crippen molar-refractivity contribution in [1.29, 1.82) is 0 Å². The van der Waals surface area contributed by atoms with Gasteiger partial charge in [-0.15, -0.1) is 0 Å². The molecule has 2 aliphatic heterocycles. The van der Waals surface area contributed by atoms with Gasteiger partial charge in [0, 0.05) is 19.7 Å². The molecule has 1 N–H and O–H groups in total. The third-order valence-electron chi connectivity index (χ3n) is 4.56. The van der Waals surface area contributed by atoms with Gasteiger partial charge in [0.2, 0.25) is 11.8 Å². The van der Waals surface area contributed by atoms with Crippen LogP contribution in [0.15, 0.2) is 24.3 Å². The standard InChI is InChI=1S/C18H24N2O3/c1-13-4-6-14(7-5-13)12-20-9-8-16(18(20)22)19-17(21)11-15-3-2-10-23-15/h4-7,15-16H,2-3,8-12H2,1H3,(H,19,21)/t15-,16+/m1/s1. The number of benzene rings is 1. The van der Waals surface area contributed by atoms with E-state index in [4.69, 9.17) is 4.74 Å². The average molecular weight is 316 g/mol. The molecule has 2 saturated heterocycles. The first kappa shape index (κ1) is 16.0. The van der Waals surface area contributed by atoms with Crippen LogP contribution in [0.25, 0.3) is 0 Å². The van der Waals surface area contributed by atoms with Crippen LogP contribution in [0.5, 0.6) is 0 Å². The van der Waals surface area contributed by atoms with Crippen molar-refractivity contribution in [2.24, 2.45) is 0 Å². The molecular weight excluding hydrogens is 292 g/mol. The summed E-state index contributed by atoms with van der Waals surface area (Å²) in [7, 11) is 0. The SMILES string of the molecule is Cc1ccc(CN2CC[C@H](NC(=O)C[C@H]3CCCO3)C2=O)cc1. The van der Waals surface area contributed by atoms with Gasteiger partial charge >= 0.3 is 0 Å². The van der Waals surface area contributed by atoms with E-state index >= 15 is 0 Å². The van der Waals surface area contributed by atoms with Crippen molar-refractivity contribution in [2.45, 2.75) is 51.3 Å². The fourth-order valence-corrected chi connectivity index (χ4v) is 3.21. The van der Waals surface area contributed by atoms with Crippen LogP contribution in [-0.2, 0) is 20.9 Å². The van der Waals surface area contributed by atoms with E-state index in [1.54, 1.807) is 0 Å². The average Bonchev–Trinajstić information content (AvgIpc) is 3.14. The molecule has 1 aromatic rings. The molecule has 5 nitrogen and oxygen atoms in total. The number of hydrogen-bond donors (Lipinski definition) is 1. The van der Waals surface area contributed by atoms with Crippen LogP contribution >= 0.6 is 0 Å². The van der Waals surface area contributed by atoms with Crippen LogP contribution in [0.1, 0.15) is 36.8 Å². The lowest BCUT2D eigenvalue weighted by atomic mass is 10.1. The van der Waals surface area contributed by atoms with E-state index in [2.05, 4.69) is 17.4 Å². The number of amides is 2. The van der Waals surface area contributed by atoms with Gasteiger partial charge in [0.1, 0.15) is 6.04 Å². The highest BCUT2D eigenvalue weighted by molar-refractivity contribution is 5.89. The zero-order valence-electron chi connectivity index (χ0n) is 13.6. The maximum Gasteiger partial charge on any atom is 0.245 e. The molecule has 2 heterocycles. The molecule has 0 radical (unpaired) electrons. The number of likely N-dealkylation sites (tertiary alicyclic amines) is 1. The number of aryl methyl sites for hydroxylation is 1. The van der Waals surface area contributed by atoms with E-state index in [9.17, 15) is 9.59 Å². The summed E-state index contributed by atoms with van der Waals surface area (Å²) in [5.74, 6) is -0.0568. The fraction of sp³-hybridized carbons (Fsp3) is 0.556. The molecule has 23 heavy (non-hydrogen) atoms. The summed E-state index contributed by atoms with van der Waals surface area (Å²) in [6.07, 6.45) is 3.02. The van der Waals surface area contributed by atoms with Crippen molar-refractivity contribution < 1.29 is 14.3 Å². The molecule has 1 aromatic carbocycles. The highest BCUT2D eigenvalue weighted by Crippen LogP contribution is 2.18. The number of nitrogens with one attached hydrogen (secondary N) is 1. The zero-order valence-corrected chi connectivity index (χ0v) is 13.6. The van der Waals surface area contributed by atoms with Crippen molar-refractivity contribution >= 4 is 11.8 Å². The number of nitrogens with zero attached hydrogens (tertiary/aromatic N) is 1. The van der Waals surface area contributed by atoms with Crippen LogP contribution < -0.4 is 5.32 Å². The molecule has 2 atom stereocenters. The second-order valence-corrected chi connectivity index (χ2v) is 6.49. The normalized spacial score (nSPS) is 24.2. The lowest BCUT2D eigenvalue weighted by Gasteiger charge is -2.18. The molecule has 2 fully saturated rings. The van der Waals surface area contributed by atoms with Gasteiger partial charge in [0.15, 0.2) is 0 Å². The lowest BCUT2D eigenvalue weighted by Crippen LogP contribution is -2.42. The molecule has 0 saturated carbocycles. The topological polar surface area (TPSA) is 58.6 Å². The quantitative estimate of drug-likeness (QED) is 0.901. The molecule has 0 unspecified atom stereocenters. The molecule has 2 amide bonds. The number of ether oxygens (including phenoxy) is 1. The first-order valence-corrected chi connectivity index (χ1v) is 8.37. The minimum absolute atomic E-state index is 0.0197. The second kappa shape index (κ2) is 7.13. The minimum atomic E-state index is -0.380. The first-order chi connectivity index (χ1) is 11.1. The van der Waals surface area contributed by atoms with E-state index in [1.165, 1.54) is 5.56 Å². The van der Waals surface area contributed by atoms with Crippen LogP contribution in [0, 0.1) is 6.92 Å². The summed E-state index contributed by atoms with van der Waals surface area (Å²) in [5.41, 5.74) is 2.33. The van der Waals surface area contributed by atoms with Gasteiger partial charge in [-0.25, -0.2) is 0 Å². The van der Waals surface area contributed by atoms with Gasteiger partial charge in [-0.1, -0.05) is 29.8 Å². The lowest BCUT2D eigenvalue weighted by molar-refractivity contribution is -0.133. The fourth-order valence-electron chi connectivity index (χ4n) is 3.21. The van der Waals surface area contributed by atoms with Gasteiger partial charge in [0.25, 0.3) is 0 Å². The minimum Gasteiger partial charge on any atom is -0.378 e. The Morgan fingerprint density at radius 3 is 2.78 bits per heavy atom. The smallest absolute Gasteiger partial charge is 0.245 e. The van der Waals surface area contributed by atoms with Crippen LogP contribution in [0.3, 0.4) is 0 Å². The molecule has 0 aliphatic carbocycles. The summed E-state index contributed by atoms with van der Waals surface area (Å²) in [5, 5.41) is 2.87. The van der Waals surface area contributed by atoms with Gasteiger partial charge in [-0.3, -0.25) is 9.59 Å². The number of rotatable bonds is 5. The van der Waals surface area contributed by atoms with Crippen molar-refractivity contribution in [2.75, 3.05) is 13.2 Å². The van der Waals surface area contributed by atoms with Gasteiger partial charge in [0.05, 0.1) is 12.5 Å². The number of carbonyl (C=O) groups is 2. The molecule has 0 spiro atoms. The Morgan fingerprint density at radius 1 is 1.30 bits per heavy atom. The highest BCUT2D eigenvalue weighted by Gasteiger charge is 2.33. The zero-order chi connectivity index (χ0) is 16.2. The summed E-state index contributed by atoms with van der Waals surface area (Å²) < 4.78 is 5.47. The summed E-state index contributed by atoms with van der Waals surface area (Å²) in [6.45, 7) is 4.09. The van der Waals surface area contributed by atoms with Crippen molar-refractivity contribution in [3.8, 4) is 0 Å². The van der Waals surface area contributed by atoms with E-state index in [0.29, 0.717) is 25.9 Å². The summed E-state index contributed by atoms with van der Waals surface area (Å²) in [6, 6.07) is 7.82. The Morgan fingerprint density at radius 2 is 2.09 bits per heavy atom. The Kier molecular flexibility index (Phi) is 4.96. The molecular formula is C18H24N2O3. The van der Waals surface area contributed by atoms with Gasteiger partial charge in [-0.2, -0.15) is 0 Å². The molecule has 5 heteroatoms. The Labute approximate surface area is 137 Å². The second-order valence-electron chi connectivity index (χ2n) is 6.49. The molecule has 0 aromatic heterocycles.